The number of nitrogens with zero attached hydrogens (tertiary/aromatic N) is 1. The van der Waals surface area contributed by atoms with E-state index in [0.717, 1.165) is 5.56 Å². The van der Waals surface area contributed by atoms with Gasteiger partial charge in [0.2, 0.25) is 5.91 Å². The van der Waals surface area contributed by atoms with Gasteiger partial charge in [0.05, 0.1) is 30.3 Å². The van der Waals surface area contributed by atoms with Crippen molar-refractivity contribution >= 4 is 23.0 Å². The van der Waals surface area contributed by atoms with Crippen molar-refractivity contribution in [3.8, 4) is 5.75 Å². The first kappa shape index (κ1) is 17.2. The Hall–Kier alpha value is -3.16. The summed E-state index contributed by atoms with van der Waals surface area (Å²) in [4.78, 5) is 22.2. The maximum atomic E-state index is 13.2. The summed E-state index contributed by atoms with van der Waals surface area (Å²) in [6, 6.07) is 8.12. The van der Waals surface area contributed by atoms with Crippen LogP contribution in [-0.2, 0) is 4.79 Å². The van der Waals surface area contributed by atoms with Gasteiger partial charge in [0, 0.05) is 11.8 Å². The van der Waals surface area contributed by atoms with E-state index in [0.29, 0.717) is 11.4 Å². The van der Waals surface area contributed by atoms with Crippen molar-refractivity contribution in [3.05, 3.63) is 57.9 Å². The number of anilines is 2. The van der Waals surface area contributed by atoms with Gasteiger partial charge in [-0.2, -0.15) is 0 Å². The van der Waals surface area contributed by atoms with Crippen molar-refractivity contribution in [1.29, 1.82) is 0 Å². The smallest absolute Gasteiger partial charge is 0.273 e. The number of nitro groups is 1. The van der Waals surface area contributed by atoms with Crippen LogP contribution >= 0.6 is 0 Å². The zero-order valence-electron chi connectivity index (χ0n) is 13.1. The van der Waals surface area contributed by atoms with E-state index in [2.05, 4.69) is 10.6 Å². The number of nitro benzene ring substituents is 1. The van der Waals surface area contributed by atoms with E-state index in [1.54, 1.807) is 13.0 Å². The van der Waals surface area contributed by atoms with Crippen LogP contribution in [0.15, 0.2) is 36.4 Å². The van der Waals surface area contributed by atoms with Crippen LogP contribution < -0.4 is 15.4 Å². The number of hydrogen-bond donors (Lipinski definition) is 2. The molecule has 0 spiro atoms. The molecule has 1 amide bonds. The number of carbonyl (C=O) groups is 1. The number of amides is 1. The number of aryl methyl sites for hydroxylation is 1. The molecule has 0 unspecified atom stereocenters. The van der Waals surface area contributed by atoms with E-state index < -0.39 is 16.6 Å². The fraction of sp³-hybridized carbons (Fsp3) is 0.188. The molecule has 24 heavy (non-hydrogen) atoms. The second-order valence-electron chi connectivity index (χ2n) is 5.00. The number of halogens is 1. The number of rotatable bonds is 6. The van der Waals surface area contributed by atoms with E-state index >= 15 is 0 Å². The average Bonchev–Trinajstić information content (AvgIpc) is 2.55. The number of benzene rings is 2. The molecule has 126 valence electrons. The molecule has 2 rings (SSSR count). The van der Waals surface area contributed by atoms with Crippen molar-refractivity contribution in [2.24, 2.45) is 0 Å². The molecular weight excluding hydrogens is 317 g/mol. The molecule has 0 aromatic heterocycles. The standard InChI is InChI=1S/C16H16FN3O4/c1-10-3-4-11(17)7-14(10)18-9-16(21)19-13-6-5-12(20(22)23)8-15(13)24-2/h3-8,18H,9H2,1-2H3,(H,19,21). The van der Waals surface area contributed by atoms with Gasteiger partial charge in [-0.05, 0) is 30.7 Å². The fourth-order valence-corrected chi connectivity index (χ4v) is 2.05. The molecule has 0 aliphatic rings. The van der Waals surface area contributed by atoms with Crippen LogP contribution in [0.1, 0.15) is 5.56 Å². The number of nitrogens with one attached hydrogen (secondary N) is 2. The van der Waals surface area contributed by atoms with E-state index in [9.17, 15) is 19.3 Å². The molecule has 2 N–H and O–H groups in total. The molecule has 2 aromatic carbocycles. The number of methoxy groups -OCH3 is 1. The SMILES string of the molecule is COc1cc([N+](=O)[O-])ccc1NC(=O)CNc1cc(F)ccc1C. The highest BCUT2D eigenvalue weighted by atomic mass is 19.1. The highest BCUT2D eigenvalue weighted by molar-refractivity contribution is 5.95. The van der Waals surface area contributed by atoms with Crippen LogP contribution in [0.25, 0.3) is 0 Å². The minimum Gasteiger partial charge on any atom is -0.494 e. The lowest BCUT2D eigenvalue weighted by Crippen LogP contribution is -2.22. The Bertz CT molecular complexity index is 780. The second-order valence-corrected chi connectivity index (χ2v) is 5.00. The van der Waals surface area contributed by atoms with E-state index in [1.807, 2.05) is 0 Å². The Kier molecular flexibility index (Phi) is 5.31. The van der Waals surface area contributed by atoms with Gasteiger partial charge in [-0.1, -0.05) is 6.07 Å². The van der Waals surface area contributed by atoms with Crippen molar-refractivity contribution in [3.63, 3.8) is 0 Å². The summed E-state index contributed by atoms with van der Waals surface area (Å²) in [5.74, 6) is -0.620. The maximum Gasteiger partial charge on any atom is 0.273 e. The fourth-order valence-electron chi connectivity index (χ4n) is 2.05. The lowest BCUT2D eigenvalue weighted by Gasteiger charge is -2.12. The Morgan fingerprint density at radius 3 is 2.67 bits per heavy atom. The zero-order chi connectivity index (χ0) is 17.7. The van der Waals surface area contributed by atoms with Gasteiger partial charge in [-0.15, -0.1) is 0 Å². The normalized spacial score (nSPS) is 10.1. The molecule has 0 bridgehead atoms. The molecule has 0 saturated heterocycles. The molecule has 0 aliphatic carbocycles. The molecule has 0 heterocycles. The van der Waals surface area contributed by atoms with Crippen LogP contribution in [-0.4, -0.2) is 24.5 Å². The summed E-state index contributed by atoms with van der Waals surface area (Å²) < 4.78 is 18.3. The van der Waals surface area contributed by atoms with Crippen LogP contribution in [0.3, 0.4) is 0 Å². The van der Waals surface area contributed by atoms with Crippen LogP contribution in [0.4, 0.5) is 21.5 Å². The Morgan fingerprint density at radius 1 is 1.25 bits per heavy atom. The first-order valence-electron chi connectivity index (χ1n) is 7.03. The molecule has 7 nitrogen and oxygen atoms in total. The minimum atomic E-state index is -0.553. The first-order chi connectivity index (χ1) is 11.4. The van der Waals surface area contributed by atoms with E-state index in [-0.39, 0.29) is 18.0 Å². The van der Waals surface area contributed by atoms with Gasteiger partial charge in [0.15, 0.2) is 0 Å². The number of carbonyl (C=O) groups excluding carboxylic acids is 1. The topological polar surface area (TPSA) is 93.5 Å². The van der Waals surface area contributed by atoms with Gasteiger partial charge < -0.3 is 15.4 Å². The summed E-state index contributed by atoms with van der Waals surface area (Å²) in [6.45, 7) is 1.70. The summed E-state index contributed by atoms with van der Waals surface area (Å²) in [5.41, 5.74) is 1.49. The third kappa shape index (κ3) is 4.19. The molecule has 0 radical (unpaired) electrons. The van der Waals surface area contributed by atoms with Crippen LogP contribution in [0.5, 0.6) is 5.75 Å². The molecule has 0 atom stereocenters. The molecule has 0 saturated carbocycles. The minimum absolute atomic E-state index is 0.0928. The number of hydrogen-bond acceptors (Lipinski definition) is 5. The summed E-state index contributed by atoms with van der Waals surface area (Å²) in [7, 11) is 1.35. The van der Waals surface area contributed by atoms with Gasteiger partial charge >= 0.3 is 0 Å². The largest absolute Gasteiger partial charge is 0.494 e. The number of non-ortho nitro benzene ring substituents is 1. The highest BCUT2D eigenvalue weighted by Gasteiger charge is 2.13. The zero-order valence-corrected chi connectivity index (χ0v) is 13.1. The molecule has 0 aliphatic heterocycles. The van der Waals surface area contributed by atoms with E-state index in [1.165, 1.54) is 37.4 Å². The summed E-state index contributed by atoms with van der Waals surface area (Å²) in [6.07, 6.45) is 0. The third-order valence-corrected chi connectivity index (χ3v) is 3.31. The average molecular weight is 333 g/mol. The van der Waals surface area contributed by atoms with Crippen molar-refractivity contribution < 1.29 is 18.8 Å². The Balaban J connectivity index is 2.04. The maximum absolute atomic E-state index is 13.2. The predicted octanol–water partition coefficient (Wildman–Crippen LogP) is 3.10. The summed E-state index contributed by atoms with van der Waals surface area (Å²) in [5, 5.41) is 16.2. The van der Waals surface area contributed by atoms with Gasteiger partial charge in [-0.25, -0.2) is 4.39 Å². The van der Waals surface area contributed by atoms with Crippen molar-refractivity contribution in [2.75, 3.05) is 24.3 Å². The van der Waals surface area contributed by atoms with Crippen LogP contribution in [0, 0.1) is 22.9 Å². The summed E-state index contributed by atoms with van der Waals surface area (Å²) >= 11 is 0. The number of ether oxygens (including phenoxy) is 1. The van der Waals surface area contributed by atoms with Gasteiger partial charge in [0.25, 0.3) is 5.69 Å². The van der Waals surface area contributed by atoms with Crippen LogP contribution in [0.2, 0.25) is 0 Å². The molecule has 2 aromatic rings. The van der Waals surface area contributed by atoms with E-state index in [4.69, 9.17) is 4.74 Å². The first-order valence-corrected chi connectivity index (χ1v) is 7.03. The molecule has 8 heteroatoms. The predicted molar refractivity (Wildman–Crippen MR) is 87.9 cm³/mol. The highest BCUT2D eigenvalue weighted by Crippen LogP contribution is 2.28. The van der Waals surface area contributed by atoms with Crippen molar-refractivity contribution in [2.45, 2.75) is 6.92 Å². The van der Waals surface area contributed by atoms with Crippen molar-refractivity contribution in [1.82, 2.24) is 0 Å². The lowest BCUT2D eigenvalue weighted by atomic mass is 10.2. The molecule has 0 fully saturated rings. The monoisotopic (exact) mass is 333 g/mol. The molecular formula is C16H16FN3O4. The van der Waals surface area contributed by atoms with Gasteiger partial charge in [0.1, 0.15) is 11.6 Å². The second kappa shape index (κ2) is 7.40. The van der Waals surface area contributed by atoms with Gasteiger partial charge in [-0.3, -0.25) is 14.9 Å². The quantitative estimate of drug-likeness (QED) is 0.626. The Morgan fingerprint density at radius 2 is 2.00 bits per heavy atom. The third-order valence-electron chi connectivity index (χ3n) is 3.31. The lowest BCUT2D eigenvalue weighted by molar-refractivity contribution is -0.384. The Labute approximate surface area is 137 Å².